The lowest BCUT2D eigenvalue weighted by atomic mass is 10.1. The molecule has 0 spiro atoms. The van der Waals surface area contributed by atoms with Crippen LogP contribution in [-0.2, 0) is 21.2 Å². The third kappa shape index (κ3) is 6.12. The van der Waals surface area contributed by atoms with Crippen molar-refractivity contribution >= 4 is 27.5 Å². The summed E-state index contributed by atoms with van der Waals surface area (Å²) in [5.74, 6) is -0.0794. The van der Waals surface area contributed by atoms with E-state index in [9.17, 15) is 13.2 Å². The second kappa shape index (κ2) is 9.16. The fourth-order valence-corrected chi connectivity index (χ4v) is 3.66. The van der Waals surface area contributed by atoms with Gasteiger partial charge in [0.25, 0.3) is 0 Å². The van der Waals surface area contributed by atoms with Crippen LogP contribution in [0.15, 0.2) is 59.5 Å². The van der Waals surface area contributed by atoms with Crippen molar-refractivity contribution < 1.29 is 13.2 Å². The first-order valence-electron chi connectivity index (χ1n) is 8.37. The van der Waals surface area contributed by atoms with E-state index < -0.39 is 16.1 Å². The van der Waals surface area contributed by atoms with E-state index in [0.717, 1.165) is 5.56 Å². The Bertz CT molecular complexity index is 822. The van der Waals surface area contributed by atoms with Gasteiger partial charge in [-0.1, -0.05) is 55.8 Å². The van der Waals surface area contributed by atoms with Gasteiger partial charge in [-0.15, -0.1) is 0 Å². The lowest BCUT2D eigenvalue weighted by molar-refractivity contribution is -0.122. The van der Waals surface area contributed by atoms with Crippen molar-refractivity contribution in [3.05, 3.63) is 65.2 Å². The van der Waals surface area contributed by atoms with Gasteiger partial charge in [0, 0.05) is 11.6 Å². The minimum Gasteiger partial charge on any atom is -0.354 e. The molecule has 2 aromatic rings. The predicted molar refractivity (Wildman–Crippen MR) is 104 cm³/mol. The lowest BCUT2D eigenvalue weighted by Gasteiger charge is -2.19. The fourth-order valence-electron chi connectivity index (χ4n) is 2.33. The highest BCUT2D eigenvalue weighted by atomic mass is 35.5. The van der Waals surface area contributed by atoms with Crippen molar-refractivity contribution in [1.29, 1.82) is 0 Å². The zero-order valence-corrected chi connectivity index (χ0v) is 16.3. The van der Waals surface area contributed by atoms with E-state index in [0.29, 0.717) is 11.6 Å². The van der Waals surface area contributed by atoms with E-state index in [1.807, 2.05) is 44.2 Å². The molecule has 1 amide bonds. The molecule has 7 heteroatoms. The molecule has 2 rings (SSSR count). The van der Waals surface area contributed by atoms with Gasteiger partial charge in [0.15, 0.2) is 0 Å². The molecule has 2 aromatic carbocycles. The standard InChI is InChI=1S/C19H23ClN2O3S/c1-14(2)13-21-19(23)18(12-15-6-4-3-5-7-15)22-26(24,25)17-10-8-16(20)9-11-17/h3-11,14,18,22H,12-13H2,1-2H3,(H,21,23)/t18-/m1/s1. The monoisotopic (exact) mass is 394 g/mol. The molecule has 0 bridgehead atoms. The van der Waals surface area contributed by atoms with Gasteiger partial charge in [0.05, 0.1) is 4.90 Å². The Morgan fingerprint density at radius 3 is 2.23 bits per heavy atom. The quantitative estimate of drug-likeness (QED) is 0.722. The second-order valence-electron chi connectivity index (χ2n) is 6.46. The number of hydrogen-bond donors (Lipinski definition) is 2. The maximum absolute atomic E-state index is 12.7. The zero-order valence-electron chi connectivity index (χ0n) is 14.8. The topological polar surface area (TPSA) is 75.3 Å². The highest BCUT2D eigenvalue weighted by Gasteiger charge is 2.26. The summed E-state index contributed by atoms with van der Waals surface area (Å²) in [6, 6.07) is 14.2. The van der Waals surface area contributed by atoms with Crippen molar-refractivity contribution in [3.63, 3.8) is 0 Å². The van der Waals surface area contributed by atoms with E-state index in [-0.39, 0.29) is 23.1 Å². The average molecular weight is 395 g/mol. The summed E-state index contributed by atoms with van der Waals surface area (Å²) >= 11 is 5.82. The van der Waals surface area contributed by atoms with Crippen LogP contribution in [0.4, 0.5) is 0 Å². The highest BCUT2D eigenvalue weighted by molar-refractivity contribution is 7.89. The first-order valence-corrected chi connectivity index (χ1v) is 10.2. The molecule has 1 atom stereocenters. The molecule has 26 heavy (non-hydrogen) atoms. The molecule has 0 saturated carbocycles. The largest absolute Gasteiger partial charge is 0.354 e. The summed E-state index contributed by atoms with van der Waals surface area (Å²) in [6.45, 7) is 4.43. The number of carbonyl (C=O) groups is 1. The van der Waals surface area contributed by atoms with Crippen molar-refractivity contribution in [3.8, 4) is 0 Å². The van der Waals surface area contributed by atoms with E-state index in [2.05, 4.69) is 10.0 Å². The van der Waals surface area contributed by atoms with Gasteiger partial charge in [-0.05, 0) is 42.2 Å². The van der Waals surface area contributed by atoms with E-state index in [1.165, 1.54) is 24.3 Å². The Kier molecular flexibility index (Phi) is 7.20. The third-order valence-corrected chi connectivity index (χ3v) is 5.44. The molecule has 0 unspecified atom stereocenters. The van der Waals surface area contributed by atoms with Crippen LogP contribution in [0.1, 0.15) is 19.4 Å². The van der Waals surface area contributed by atoms with Crippen molar-refractivity contribution in [2.75, 3.05) is 6.54 Å². The van der Waals surface area contributed by atoms with Gasteiger partial charge in [-0.25, -0.2) is 8.42 Å². The summed E-state index contributed by atoms with van der Waals surface area (Å²) in [6.07, 6.45) is 0.261. The molecule has 0 aromatic heterocycles. The molecule has 0 heterocycles. The Balaban J connectivity index is 2.21. The number of hydrogen-bond acceptors (Lipinski definition) is 3. The Labute approximate surface area is 159 Å². The number of halogens is 1. The van der Waals surface area contributed by atoms with Crippen LogP contribution < -0.4 is 10.0 Å². The number of rotatable bonds is 8. The molecule has 140 valence electrons. The maximum atomic E-state index is 12.7. The SMILES string of the molecule is CC(C)CNC(=O)[C@@H](Cc1ccccc1)NS(=O)(=O)c1ccc(Cl)cc1. The molecular weight excluding hydrogens is 372 g/mol. The molecule has 0 fully saturated rings. The molecule has 5 nitrogen and oxygen atoms in total. The molecule has 0 radical (unpaired) electrons. The van der Waals surface area contributed by atoms with Crippen LogP contribution in [0.25, 0.3) is 0 Å². The summed E-state index contributed by atoms with van der Waals surface area (Å²) in [7, 11) is -3.85. The van der Waals surface area contributed by atoms with Gasteiger partial charge in [0.2, 0.25) is 15.9 Å². The first kappa shape index (κ1) is 20.4. The Hall–Kier alpha value is -1.89. The Morgan fingerprint density at radius 1 is 1.04 bits per heavy atom. The van der Waals surface area contributed by atoms with Crippen molar-refractivity contribution in [2.45, 2.75) is 31.2 Å². The van der Waals surface area contributed by atoms with Crippen LogP contribution in [-0.4, -0.2) is 26.9 Å². The van der Waals surface area contributed by atoms with E-state index in [1.54, 1.807) is 0 Å². The highest BCUT2D eigenvalue weighted by Crippen LogP contribution is 2.15. The Morgan fingerprint density at radius 2 is 1.65 bits per heavy atom. The predicted octanol–water partition coefficient (Wildman–Crippen LogP) is 3.00. The molecule has 2 N–H and O–H groups in total. The number of benzene rings is 2. The molecule has 0 aliphatic carbocycles. The zero-order chi connectivity index (χ0) is 19.2. The molecule has 0 aliphatic heterocycles. The van der Waals surface area contributed by atoms with Crippen molar-refractivity contribution in [2.24, 2.45) is 5.92 Å². The van der Waals surface area contributed by atoms with E-state index >= 15 is 0 Å². The fraction of sp³-hybridized carbons (Fsp3) is 0.316. The van der Waals surface area contributed by atoms with Gasteiger partial charge >= 0.3 is 0 Å². The summed E-state index contributed by atoms with van der Waals surface area (Å²) in [5.41, 5.74) is 0.871. The van der Waals surface area contributed by atoms with Crippen LogP contribution in [0.3, 0.4) is 0 Å². The minimum atomic E-state index is -3.85. The van der Waals surface area contributed by atoms with Crippen LogP contribution >= 0.6 is 11.6 Å². The first-order chi connectivity index (χ1) is 12.3. The number of sulfonamides is 1. The number of carbonyl (C=O) groups excluding carboxylic acids is 1. The average Bonchev–Trinajstić information content (AvgIpc) is 2.60. The molecule has 0 aliphatic rings. The van der Waals surface area contributed by atoms with Gasteiger partial charge < -0.3 is 5.32 Å². The molecule has 0 saturated heterocycles. The summed E-state index contributed by atoms with van der Waals surface area (Å²) < 4.78 is 27.8. The van der Waals surface area contributed by atoms with Crippen LogP contribution in [0, 0.1) is 5.92 Å². The summed E-state index contributed by atoms with van der Waals surface area (Å²) in [5, 5.41) is 3.24. The minimum absolute atomic E-state index is 0.0663. The summed E-state index contributed by atoms with van der Waals surface area (Å²) in [4.78, 5) is 12.6. The number of nitrogens with one attached hydrogen (secondary N) is 2. The molecular formula is C19H23ClN2O3S. The van der Waals surface area contributed by atoms with Gasteiger partial charge in [0.1, 0.15) is 6.04 Å². The normalized spacial score (nSPS) is 12.8. The smallest absolute Gasteiger partial charge is 0.241 e. The van der Waals surface area contributed by atoms with Crippen LogP contribution in [0.2, 0.25) is 5.02 Å². The number of amides is 1. The van der Waals surface area contributed by atoms with Gasteiger partial charge in [-0.3, -0.25) is 4.79 Å². The van der Waals surface area contributed by atoms with Crippen LogP contribution in [0.5, 0.6) is 0 Å². The lowest BCUT2D eigenvalue weighted by Crippen LogP contribution is -2.48. The third-order valence-electron chi connectivity index (χ3n) is 3.71. The maximum Gasteiger partial charge on any atom is 0.241 e. The second-order valence-corrected chi connectivity index (χ2v) is 8.61. The van der Waals surface area contributed by atoms with E-state index in [4.69, 9.17) is 11.6 Å². The van der Waals surface area contributed by atoms with Gasteiger partial charge in [-0.2, -0.15) is 4.72 Å². The van der Waals surface area contributed by atoms with Crippen molar-refractivity contribution in [1.82, 2.24) is 10.0 Å².